The number of esters is 3. The van der Waals surface area contributed by atoms with Crippen LogP contribution in [0.15, 0.2) is 30.3 Å². The third-order valence-corrected chi connectivity index (χ3v) is 10.6. The molecule has 13 heteroatoms. The van der Waals surface area contributed by atoms with E-state index in [-0.39, 0.29) is 6.61 Å². The summed E-state index contributed by atoms with van der Waals surface area (Å²) in [5.74, 6) is -5.00. The molecule has 1 aromatic rings. The minimum absolute atomic E-state index is 0.0510. The second kappa shape index (κ2) is 8.22. The molecule has 2 spiro atoms. The van der Waals surface area contributed by atoms with Crippen molar-refractivity contribution in [2.24, 2.45) is 28.1 Å². The zero-order chi connectivity index (χ0) is 30.2. The maximum atomic E-state index is 14.1. The first-order valence-electron chi connectivity index (χ1n) is 14.0. The summed E-state index contributed by atoms with van der Waals surface area (Å²) in [5, 5.41) is 27.0. The van der Waals surface area contributed by atoms with Crippen LogP contribution in [-0.4, -0.2) is 89.3 Å². The molecule has 7 rings (SSSR count). The van der Waals surface area contributed by atoms with Crippen molar-refractivity contribution >= 4 is 24.0 Å². The van der Waals surface area contributed by atoms with Gasteiger partial charge in [-0.2, -0.15) is 0 Å². The van der Waals surface area contributed by atoms with Crippen molar-refractivity contribution in [1.29, 1.82) is 0 Å². The Hall–Kier alpha value is -3.26. The molecule has 0 bridgehead atoms. The number of amides is 1. The van der Waals surface area contributed by atoms with Gasteiger partial charge in [0.15, 0.2) is 23.9 Å². The maximum absolute atomic E-state index is 14.1. The molecule has 2 saturated carbocycles. The maximum Gasteiger partial charge on any atom is 0.407 e. The highest BCUT2D eigenvalue weighted by molar-refractivity contribution is 5.94. The van der Waals surface area contributed by atoms with Crippen molar-refractivity contribution in [3.8, 4) is 0 Å². The summed E-state index contributed by atoms with van der Waals surface area (Å²) in [5.41, 5.74) is -8.66. The highest BCUT2D eigenvalue weighted by Gasteiger charge is 3.06. The van der Waals surface area contributed by atoms with E-state index >= 15 is 0 Å². The largest absolute Gasteiger partial charge is 0.456 e. The van der Waals surface area contributed by atoms with E-state index in [1.54, 1.807) is 12.1 Å². The van der Waals surface area contributed by atoms with Crippen LogP contribution >= 0.6 is 0 Å². The Kier molecular flexibility index (Phi) is 5.39. The molecule has 13 nitrogen and oxygen atoms in total. The van der Waals surface area contributed by atoms with Gasteiger partial charge in [0, 0.05) is 13.0 Å². The molecule has 4 aliphatic heterocycles. The van der Waals surface area contributed by atoms with E-state index in [0.717, 1.165) is 5.56 Å². The van der Waals surface area contributed by atoms with Crippen molar-refractivity contribution in [2.75, 3.05) is 7.05 Å². The molecule has 12 atom stereocenters. The number of rotatable bonds is 4. The molecule has 0 radical (unpaired) electrons. The van der Waals surface area contributed by atoms with Gasteiger partial charge >= 0.3 is 24.0 Å². The summed E-state index contributed by atoms with van der Waals surface area (Å²) in [6.45, 7) is 6.84. The van der Waals surface area contributed by atoms with Gasteiger partial charge in [-0.3, -0.25) is 4.79 Å². The van der Waals surface area contributed by atoms with Gasteiger partial charge in [0.05, 0.1) is 24.0 Å². The molecule has 1 aromatic carbocycles. The molecular weight excluding hydrogens is 554 g/mol. The lowest BCUT2D eigenvalue weighted by Crippen LogP contribution is -2.67. The summed E-state index contributed by atoms with van der Waals surface area (Å²) in [6, 6.07) is 9.06. The SMILES string of the molecule is CNC(=O)O[C@H]1C2OC(=O)[C@@H](C)[C@]2(O)C23OC4OC(=O)[C@H](OCc5ccccc5)C45[C@H](C(C)(C)C)[C@@H](O)C(OC2=O)C153. The van der Waals surface area contributed by atoms with E-state index in [2.05, 4.69) is 5.32 Å². The first-order chi connectivity index (χ1) is 19.8. The lowest BCUT2D eigenvalue weighted by molar-refractivity contribution is -0.240. The number of hydrogen-bond acceptors (Lipinski definition) is 12. The molecular formula is C29H33NO12. The fourth-order valence-electron chi connectivity index (χ4n) is 9.49. The number of aliphatic hydroxyl groups is 2. The predicted octanol–water partition coefficient (Wildman–Crippen LogP) is 0.190. The smallest absolute Gasteiger partial charge is 0.407 e. The first-order valence-corrected chi connectivity index (χ1v) is 14.0. The fourth-order valence-corrected chi connectivity index (χ4v) is 9.49. The third-order valence-electron chi connectivity index (χ3n) is 10.6. The van der Waals surface area contributed by atoms with Gasteiger partial charge in [0.1, 0.15) is 11.5 Å². The zero-order valence-electron chi connectivity index (χ0n) is 23.7. The van der Waals surface area contributed by atoms with E-state index in [1.807, 2.05) is 39.0 Å². The Bertz CT molecular complexity index is 1390. The second-order valence-electron chi connectivity index (χ2n) is 13.2. The van der Waals surface area contributed by atoms with Crippen molar-refractivity contribution < 1.29 is 57.8 Å². The number of carbonyl (C=O) groups is 4. The molecule has 6 fully saturated rings. The minimum Gasteiger partial charge on any atom is -0.456 e. The van der Waals surface area contributed by atoms with E-state index in [4.69, 9.17) is 28.4 Å². The Balaban J connectivity index is 1.53. The van der Waals surface area contributed by atoms with Crippen LogP contribution in [0.1, 0.15) is 33.3 Å². The average Bonchev–Trinajstić information content (AvgIpc) is 3.63. The molecule has 3 N–H and O–H groups in total. The topological polar surface area (TPSA) is 176 Å². The van der Waals surface area contributed by atoms with Crippen molar-refractivity contribution in [3.05, 3.63) is 35.9 Å². The van der Waals surface area contributed by atoms with Gasteiger partial charge in [0.2, 0.25) is 11.9 Å². The summed E-state index contributed by atoms with van der Waals surface area (Å²) in [6.07, 6.45) is -10.1. The van der Waals surface area contributed by atoms with Crippen molar-refractivity contribution in [2.45, 2.75) is 82.3 Å². The van der Waals surface area contributed by atoms with Crippen LogP contribution in [0.25, 0.3) is 0 Å². The fraction of sp³-hybridized carbons (Fsp3) is 0.655. The normalized spacial score (nSPS) is 47.7. The van der Waals surface area contributed by atoms with Gasteiger partial charge in [0.25, 0.3) is 0 Å². The molecule has 0 aromatic heterocycles. The summed E-state index contributed by atoms with van der Waals surface area (Å²) in [7, 11) is 1.32. The summed E-state index contributed by atoms with van der Waals surface area (Å²) in [4.78, 5) is 53.7. The Morgan fingerprint density at radius 3 is 2.38 bits per heavy atom. The highest BCUT2D eigenvalue weighted by atomic mass is 16.8. The number of hydrogen-bond donors (Lipinski definition) is 3. The third kappa shape index (κ3) is 2.62. The number of carbonyl (C=O) groups excluding carboxylic acids is 4. The van der Waals surface area contributed by atoms with E-state index < -0.39 is 100 Å². The van der Waals surface area contributed by atoms with Crippen LogP contribution in [0.5, 0.6) is 0 Å². The zero-order valence-corrected chi connectivity index (χ0v) is 23.7. The summed E-state index contributed by atoms with van der Waals surface area (Å²) < 4.78 is 36.1. The van der Waals surface area contributed by atoms with Crippen molar-refractivity contribution in [3.63, 3.8) is 0 Å². The molecule has 6 unspecified atom stereocenters. The Morgan fingerprint density at radius 2 is 1.74 bits per heavy atom. The second-order valence-corrected chi connectivity index (χ2v) is 13.2. The van der Waals surface area contributed by atoms with Gasteiger partial charge in [-0.1, -0.05) is 51.1 Å². The molecule has 4 saturated heterocycles. The number of ether oxygens (including phenoxy) is 6. The highest BCUT2D eigenvalue weighted by Crippen LogP contribution is 2.85. The van der Waals surface area contributed by atoms with Crippen LogP contribution < -0.4 is 5.32 Å². The first kappa shape index (κ1) is 27.6. The standard InChI is InChI=1S/C29H33NO12/c1-12-20(32)38-18-17(40-24(35)30-5)27-16-14(31)15(25(2,3)4)26(27)19(37-11-13-9-7-6-8-10-13)21(33)41-23(26)42-29(27,22(34)39-16)28(12,18)36/h6-10,12,14-19,23,31,36H,11H2,1-5H3,(H,30,35)/t12-,14-,15+,16?,17+,18?,19+,23?,26?,27?,28-,29?/m1/s1. The Morgan fingerprint density at radius 1 is 1.05 bits per heavy atom. The molecule has 42 heavy (non-hydrogen) atoms. The lowest BCUT2D eigenvalue weighted by atomic mass is 9.50. The minimum atomic E-state index is -2.43. The predicted molar refractivity (Wildman–Crippen MR) is 136 cm³/mol. The molecule has 226 valence electrons. The van der Waals surface area contributed by atoms with Crippen LogP contribution in [0.3, 0.4) is 0 Å². The molecule has 4 heterocycles. The number of fused-ring (bicyclic) bond motifs is 1. The van der Waals surface area contributed by atoms with Gasteiger partial charge in [-0.15, -0.1) is 0 Å². The van der Waals surface area contributed by atoms with Crippen LogP contribution in [0, 0.1) is 28.1 Å². The Labute approximate surface area is 240 Å². The summed E-state index contributed by atoms with van der Waals surface area (Å²) >= 11 is 0. The van der Waals surface area contributed by atoms with E-state index in [0.29, 0.717) is 0 Å². The lowest BCUT2D eigenvalue weighted by Gasteiger charge is -2.48. The molecule has 1 amide bonds. The number of nitrogens with one attached hydrogen (secondary N) is 1. The van der Waals surface area contributed by atoms with Crippen molar-refractivity contribution in [1.82, 2.24) is 5.32 Å². The monoisotopic (exact) mass is 587 g/mol. The van der Waals surface area contributed by atoms with Gasteiger partial charge in [-0.05, 0) is 17.9 Å². The average molecular weight is 588 g/mol. The van der Waals surface area contributed by atoms with E-state index in [1.165, 1.54) is 14.0 Å². The number of aliphatic hydroxyl groups excluding tert-OH is 1. The van der Waals surface area contributed by atoms with Gasteiger partial charge in [-0.25, -0.2) is 14.4 Å². The molecule has 6 aliphatic rings. The number of alkyl carbamates (subject to hydrolysis) is 1. The van der Waals surface area contributed by atoms with Crippen LogP contribution in [-0.2, 0) is 49.4 Å². The number of benzene rings is 1. The molecule has 2 aliphatic carbocycles. The quantitative estimate of drug-likeness (QED) is 0.323. The van der Waals surface area contributed by atoms with Crippen LogP contribution in [0.2, 0.25) is 0 Å². The van der Waals surface area contributed by atoms with Crippen LogP contribution in [0.4, 0.5) is 4.79 Å². The van der Waals surface area contributed by atoms with Gasteiger partial charge < -0.3 is 44.0 Å². The van der Waals surface area contributed by atoms with E-state index in [9.17, 15) is 29.4 Å².